The molecule has 0 saturated carbocycles. The number of benzene rings is 1. The predicted octanol–water partition coefficient (Wildman–Crippen LogP) is 4.16. The maximum absolute atomic E-state index is 13.0. The highest BCUT2D eigenvalue weighted by Gasteiger charge is 2.31. The van der Waals surface area contributed by atoms with Crippen molar-refractivity contribution >= 4 is 40.6 Å². The van der Waals surface area contributed by atoms with E-state index < -0.39 is 0 Å². The standard InChI is InChI=1S/C18H18N2O2S2/c21-17-7-10-24-15-6-5-12(11-13(15)19-17)18(22)20-8-1-3-14(20)16-4-2-9-23-16/h2,4-6,9,11,14H,1,3,7-8,10H2,(H,19,21). The van der Waals surface area contributed by atoms with E-state index in [1.54, 1.807) is 23.1 Å². The van der Waals surface area contributed by atoms with Crippen molar-refractivity contribution in [3.8, 4) is 0 Å². The summed E-state index contributed by atoms with van der Waals surface area (Å²) in [5.74, 6) is 0.847. The molecule has 1 aromatic heterocycles. The molecule has 2 aliphatic rings. The van der Waals surface area contributed by atoms with Gasteiger partial charge in [0.1, 0.15) is 0 Å². The molecule has 4 nitrogen and oxygen atoms in total. The van der Waals surface area contributed by atoms with Gasteiger partial charge in [0.05, 0.1) is 11.7 Å². The summed E-state index contributed by atoms with van der Waals surface area (Å²) in [5.41, 5.74) is 1.42. The summed E-state index contributed by atoms with van der Waals surface area (Å²) in [7, 11) is 0. The molecule has 2 amide bonds. The SMILES string of the molecule is O=C1CCSc2ccc(C(=O)N3CCCC3c3cccs3)cc2N1. The highest BCUT2D eigenvalue weighted by molar-refractivity contribution is 7.99. The van der Waals surface area contributed by atoms with Gasteiger partial charge in [-0.3, -0.25) is 9.59 Å². The van der Waals surface area contributed by atoms with Gasteiger partial charge in [-0.15, -0.1) is 23.1 Å². The van der Waals surface area contributed by atoms with Crippen LogP contribution in [-0.4, -0.2) is 29.0 Å². The molecule has 124 valence electrons. The maximum Gasteiger partial charge on any atom is 0.254 e. The van der Waals surface area contributed by atoms with Gasteiger partial charge in [-0.2, -0.15) is 0 Å². The third-order valence-electron chi connectivity index (χ3n) is 4.47. The van der Waals surface area contributed by atoms with E-state index in [-0.39, 0.29) is 17.9 Å². The zero-order valence-corrected chi connectivity index (χ0v) is 14.8. The molecule has 6 heteroatoms. The van der Waals surface area contributed by atoms with E-state index in [9.17, 15) is 9.59 Å². The average molecular weight is 358 g/mol. The molecule has 1 N–H and O–H groups in total. The van der Waals surface area contributed by atoms with E-state index in [4.69, 9.17) is 0 Å². The number of hydrogen-bond donors (Lipinski definition) is 1. The Hall–Kier alpha value is -1.79. The summed E-state index contributed by atoms with van der Waals surface area (Å²) in [6.07, 6.45) is 2.56. The van der Waals surface area contributed by atoms with E-state index in [1.807, 2.05) is 29.2 Å². The number of nitrogens with one attached hydrogen (secondary N) is 1. The van der Waals surface area contributed by atoms with E-state index in [0.717, 1.165) is 35.7 Å². The van der Waals surface area contributed by atoms with E-state index in [1.165, 1.54) is 4.88 Å². The van der Waals surface area contributed by atoms with Gasteiger partial charge in [-0.1, -0.05) is 6.07 Å². The number of anilines is 1. The van der Waals surface area contributed by atoms with Gasteiger partial charge in [-0.25, -0.2) is 0 Å². The summed E-state index contributed by atoms with van der Waals surface area (Å²) < 4.78 is 0. The number of thioether (sulfide) groups is 1. The summed E-state index contributed by atoms with van der Waals surface area (Å²) in [5, 5.41) is 4.98. The molecule has 24 heavy (non-hydrogen) atoms. The molecule has 0 aliphatic carbocycles. The number of amides is 2. The molecule has 4 rings (SSSR count). The van der Waals surface area contributed by atoms with E-state index >= 15 is 0 Å². The molecule has 2 aromatic rings. The Morgan fingerprint density at radius 2 is 2.21 bits per heavy atom. The quantitative estimate of drug-likeness (QED) is 0.877. The molecule has 1 atom stereocenters. The van der Waals surface area contributed by atoms with Crippen molar-refractivity contribution < 1.29 is 9.59 Å². The second kappa shape index (κ2) is 6.61. The summed E-state index contributed by atoms with van der Waals surface area (Å²) in [6, 6.07) is 9.99. The first kappa shape index (κ1) is 15.7. The molecule has 3 heterocycles. The van der Waals surface area contributed by atoms with Crippen molar-refractivity contribution in [3.05, 3.63) is 46.2 Å². The second-order valence-electron chi connectivity index (χ2n) is 6.03. The van der Waals surface area contributed by atoms with Gasteiger partial charge in [0.25, 0.3) is 5.91 Å². The van der Waals surface area contributed by atoms with Crippen molar-refractivity contribution in [1.82, 2.24) is 4.90 Å². The Morgan fingerprint density at radius 1 is 1.29 bits per heavy atom. The highest BCUT2D eigenvalue weighted by Crippen LogP contribution is 2.37. The van der Waals surface area contributed by atoms with Crippen LogP contribution in [0.5, 0.6) is 0 Å². The van der Waals surface area contributed by atoms with Gasteiger partial charge in [-0.05, 0) is 42.5 Å². The topological polar surface area (TPSA) is 49.4 Å². The number of likely N-dealkylation sites (tertiary alicyclic amines) is 1. The first-order chi connectivity index (χ1) is 11.7. The van der Waals surface area contributed by atoms with Crippen molar-refractivity contribution in [1.29, 1.82) is 0 Å². The van der Waals surface area contributed by atoms with Crippen LogP contribution in [-0.2, 0) is 4.79 Å². The van der Waals surface area contributed by atoms with Crippen LogP contribution in [0, 0.1) is 0 Å². The molecular weight excluding hydrogens is 340 g/mol. The zero-order valence-electron chi connectivity index (χ0n) is 13.2. The van der Waals surface area contributed by atoms with Gasteiger partial charge in [0.15, 0.2) is 0 Å². The minimum atomic E-state index is 0.0171. The van der Waals surface area contributed by atoms with Gasteiger partial charge >= 0.3 is 0 Å². The lowest BCUT2D eigenvalue weighted by atomic mass is 10.1. The first-order valence-electron chi connectivity index (χ1n) is 8.13. The summed E-state index contributed by atoms with van der Waals surface area (Å²) in [6.45, 7) is 0.791. The largest absolute Gasteiger partial charge is 0.331 e. The van der Waals surface area contributed by atoms with E-state index in [0.29, 0.717) is 12.0 Å². The Morgan fingerprint density at radius 3 is 3.04 bits per heavy atom. The van der Waals surface area contributed by atoms with Crippen LogP contribution in [0.2, 0.25) is 0 Å². The molecule has 2 aliphatic heterocycles. The third-order valence-corrected chi connectivity index (χ3v) is 6.52. The fraction of sp³-hybridized carbons (Fsp3) is 0.333. The van der Waals surface area contributed by atoms with Crippen LogP contribution in [0.4, 0.5) is 5.69 Å². The summed E-state index contributed by atoms with van der Waals surface area (Å²) in [4.78, 5) is 29.0. The van der Waals surface area contributed by atoms with Crippen molar-refractivity contribution in [3.63, 3.8) is 0 Å². The average Bonchev–Trinajstić information content (AvgIpc) is 3.22. The fourth-order valence-corrected chi connectivity index (χ4v) is 5.12. The number of carbonyl (C=O) groups excluding carboxylic acids is 2. The molecule has 0 radical (unpaired) electrons. The lowest BCUT2D eigenvalue weighted by molar-refractivity contribution is -0.115. The van der Waals surface area contributed by atoms with Crippen LogP contribution in [0.25, 0.3) is 0 Å². The monoisotopic (exact) mass is 358 g/mol. The third kappa shape index (κ3) is 2.96. The van der Waals surface area contributed by atoms with Gasteiger partial charge < -0.3 is 10.2 Å². The van der Waals surface area contributed by atoms with E-state index in [2.05, 4.69) is 16.8 Å². The Balaban J connectivity index is 1.61. The van der Waals surface area contributed by atoms with Crippen LogP contribution in [0.3, 0.4) is 0 Å². The Kier molecular flexibility index (Phi) is 4.33. The van der Waals surface area contributed by atoms with Gasteiger partial charge in [0, 0.05) is 34.1 Å². The molecule has 0 bridgehead atoms. The van der Waals surface area contributed by atoms with Crippen LogP contribution in [0.1, 0.15) is 40.5 Å². The lowest BCUT2D eigenvalue weighted by Gasteiger charge is -2.24. The maximum atomic E-state index is 13.0. The van der Waals surface area contributed by atoms with Crippen LogP contribution < -0.4 is 5.32 Å². The molecule has 1 unspecified atom stereocenters. The summed E-state index contributed by atoms with van der Waals surface area (Å²) >= 11 is 3.37. The zero-order chi connectivity index (χ0) is 16.5. The fourth-order valence-electron chi connectivity index (χ4n) is 3.31. The minimum Gasteiger partial charge on any atom is -0.331 e. The van der Waals surface area contributed by atoms with Crippen LogP contribution in [0.15, 0.2) is 40.6 Å². The van der Waals surface area contributed by atoms with Crippen molar-refractivity contribution in [2.24, 2.45) is 0 Å². The molecular formula is C18H18N2O2S2. The van der Waals surface area contributed by atoms with Crippen LogP contribution >= 0.6 is 23.1 Å². The smallest absolute Gasteiger partial charge is 0.254 e. The molecule has 1 aromatic carbocycles. The van der Waals surface area contributed by atoms with Crippen molar-refractivity contribution in [2.45, 2.75) is 30.2 Å². The Labute approximate surface area is 149 Å². The minimum absolute atomic E-state index is 0.0171. The molecule has 1 saturated heterocycles. The lowest BCUT2D eigenvalue weighted by Crippen LogP contribution is -2.30. The highest BCUT2D eigenvalue weighted by atomic mass is 32.2. The normalized spacial score (nSPS) is 20.4. The number of nitrogens with zero attached hydrogens (tertiary/aromatic N) is 1. The van der Waals surface area contributed by atoms with Crippen molar-refractivity contribution in [2.75, 3.05) is 17.6 Å². The Bertz CT molecular complexity index is 773. The number of carbonyl (C=O) groups is 2. The number of thiophene rings is 1. The predicted molar refractivity (Wildman–Crippen MR) is 97.7 cm³/mol. The molecule has 0 spiro atoms. The number of rotatable bonds is 2. The molecule has 1 fully saturated rings. The number of fused-ring (bicyclic) bond motifs is 1. The van der Waals surface area contributed by atoms with Gasteiger partial charge in [0.2, 0.25) is 5.91 Å². The second-order valence-corrected chi connectivity index (χ2v) is 8.15. The number of hydrogen-bond acceptors (Lipinski definition) is 4. The first-order valence-corrected chi connectivity index (χ1v) is 10.00.